The predicted octanol–water partition coefficient (Wildman–Crippen LogP) is 5.78. The van der Waals surface area contributed by atoms with Gasteiger partial charge < -0.3 is 8.83 Å². The third-order valence-electron chi connectivity index (χ3n) is 4.67. The van der Waals surface area contributed by atoms with Crippen molar-refractivity contribution in [3.8, 4) is 11.1 Å². The Kier molecular flexibility index (Phi) is 3.29. The van der Waals surface area contributed by atoms with Crippen LogP contribution in [0.25, 0.3) is 33.1 Å². The number of furan rings is 1. The molecule has 120 valence electrons. The fourth-order valence-electron chi connectivity index (χ4n) is 3.10. The number of hydrogen-bond donors (Lipinski definition) is 0. The van der Waals surface area contributed by atoms with Crippen LogP contribution >= 0.6 is 11.6 Å². The molecule has 24 heavy (non-hydrogen) atoms. The Hall–Kier alpha value is -2.52. The third-order valence-corrected chi connectivity index (χ3v) is 4.92. The highest BCUT2D eigenvalue weighted by Gasteiger charge is 2.17. The highest BCUT2D eigenvalue weighted by atomic mass is 35.5. The summed E-state index contributed by atoms with van der Waals surface area (Å²) in [6.45, 7) is 5.65. The highest BCUT2D eigenvalue weighted by molar-refractivity contribution is 6.30. The molecule has 0 aliphatic rings. The maximum Gasteiger partial charge on any atom is 0.339 e. The van der Waals surface area contributed by atoms with Crippen LogP contribution in [0.4, 0.5) is 0 Å². The number of benzene rings is 2. The minimum absolute atomic E-state index is 0.299. The maximum atomic E-state index is 12.0. The molecule has 0 aliphatic carbocycles. The second-order valence-electron chi connectivity index (χ2n) is 6.05. The van der Waals surface area contributed by atoms with Crippen LogP contribution in [0.2, 0.25) is 5.02 Å². The van der Waals surface area contributed by atoms with E-state index in [0.717, 1.165) is 38.6 Å². The first-order valence-corrected chi connectivity index (χ1v) is 8.06. The van der Waals surface area contributed by atoms with Crippen LogP contribution < -0.4 is 5.63 Å². The summed E-state index contributed by atoms with van der Waals surface area (Å²) in [4.78, 5) is 12.0. The fourth-order valence-corrected chi connectivity index (χ4v) is 3.23. The Morgan fingerprint density at radius 1 is 0.875 bits per heavy atom. The van der Waals surface area contributed by atoms with Crippen molar-refractivity contribution in [3.63, 3.8) is 0 Å². The van der Waals surface area contributed by atoms with Crippen molar-refractivity contribution >= 4 is 33.5 Å². The molecule has 0 radical (unpaired) electrons. The van der Waals surface area contributed by atoms with Crippen molar-refractivity contribution in [2.24, 2.45) is 0 Å². The Morgan fingerprint density at radius 2 is 1.58 bits per heavy atom. The zero-order valence-corrected chi connectivity index (χ0v) is 14.3. The maximum absolute atomic E-state index is 12.0. The van der Waals surface area contributed by atoms with Crippen LogP contribution in [-0.4, -0.2) is 0 Å². The number of aryl methyl sites for hydroxylation is 2. The van der Waals surface area contributed by atoms with Crippen molar-refractivity contribution < 1.29 is 8.83 Å². The van der Waals surface area contributed by atoms with Gasteiger partial charge in [-0.15, -0.1) is 0 Å². The van der Waals surface area contributed by atoms with Gasteiger partial charge >= 0.3 is 5.63 Å². The topological polar surface area (TPSA) is 43.4 Å². The van der Waals surface area contributed by atoms with Gasteiger partial charge in [0.2, 0.25) is 0 Å². The average Bonchev–Trinajstić information content (AvgIpc) is 2.99. The van der Waals surface area contributed by atoms with Gasteiger partial charge in [0.15, 0.2) is 0 Å². The van der Waals surface area contributed by atoms with Crippen molar-refractivity contribution in [3.05, 3.63) is 68.7 Å². The van der Waals surface area contributed by atoms with Gasteiger partial charge in [-0.25, -0.2) is 4.79 Å². The lowest BCUT2D eigenvalue weighted by Gasteiger charge is -2.08. The zero-order chi connectivity index (χ0) is 17.0. The van der Waals surface area contributed by atoms with E-state index < -0.39 is 0 Å². The Bertz CT molecular complexity index is 1150. The molecular weight excluding hydrogens is 324 g/mol. The Balaban J connectivity index is 2.11. The minimum Gasteiger partial charge on any atom is -0.463 e. The van der Waals surface area contributed by atoms with Crippen molar-refractivity contribution in [2.45, 2.75) is 20.8 Å². The van der Waals surface area contributed by atoms with E-state index in [0.29, 0.717) is 16.2 Å². The molecule has 0 unspecified atom stereocenters. The summed E-state index contributed by atoms with van der Waals surface area (Å²) in [5.41, 5.74) is 5.46. The molecular formula is C20H15ClO3. The van der Waals surface area contributed by atoms with Crippen LogP contribution in [0.1, 0.15) is 16.7 Å². The van der Waals surface area contributed by atoms with E-state index in [1.807, 2.05) is 44.2 Å². The molecule has 0 spiro atoms. The molecule has 0 amide bonds. The van der Waals surface area contributed by atoms with Crippen molar-refractivity contribution in [1.29, 1.82) is 0 Å². The number of rotatable bonds is 1. The van der Waals surface area contributed by atoms with Gasteiger partial charge in [0, 0.05) is 32.5 Å². The Labute approximate surface area is 143 Å². The van der Waals surface area contributed by atoms with Crippen LogP contribution in [0, 0.1) is 20.8 Å². The Morgan fingerprint density at radius 3 is 2.29 bits per heavy atom. The quantitative estimate of drug-likeness (QED) is 0.413. The predicted molar refractivity (Wildman–Crippen MR) is 96.9 cm³/mol. The molecule has 0 saturated carbocycles. The van der Waals surface area contributed by atoms with Crippen LogP contribution in [0.5, 0.6) is 0 Å². The minimum atomic E-state index is -0.299. The molecule has 0 saturated heterocycles. The summed E-state index contributed by atoms with van der Waals surface area (Å²) in [7, 11) is 0. The molecule has 4 heteroatoms. The van der Waals surface area contributed by atoms with Crippen LogP contribution in [-0.2, 0) is 0 Å². The van der Waals surface area contributed by atoms with Crippen LogP contribution in [0.3, 0.4) is 0 Å². The molecule has 0 fully saturated rings. The van der Waals surface area contributed by atoms with Gasteiger partial charge in [-0.2, -0.15) is 0 Å². The molecule has 0 N–H and O–H groups in total. The molecule has 0 aliphatic heterocycles. The van der Waals surface area contributed by atoms with Crippen molar-refractivity contribution in [1.82, 2.24) is 0 Å². The van der Waals surface area contributed by atoms with Gasteiger partial charge in [0.1, 0.15) is 11.2 Å². The molecule has 2 heterocycles. The number of halogens is 1. The standard InChI is InChI=1S/C20H15ClO3/c1-10-11(2)20(22)24-19-12(3)18-16(8-15(10)19)17(9-23-18)13-4-6-14(21)7-5-13/h4-9H,1-3H3. The van der Waals surface area contributed by atoms with E-state index in [2.05, 4.69) is 0 Å². The summed E-state index contributed by atoms with van der Waals surface area (Å²) >= 11 is 5.98. The zero-order valence-electron chi connectivity index (χ0n) is 13.6. The van der Waals surface area contributed by atoms with E-state index in [9.17, 15) is 4.79 Å². The van der Waals surface area contributed by atoms with Gasteiger partial charge in [-0.05, 0) is 50.1 Å². The smallest absolute Gasteiger partial charge is 0.339 e. The largest absolute Gasteiger partial charge is 0.463 e. The van der Waals surface area contributed by atoms with E-state index in [4.69, 9.17) is 20.4 Å². The first-order chi connectivity index (χ1) is 11.5. The van der Waals surface area contributed by atoms with E-state index in [1.54, 1.807) is 13.2 Å². The van der Waals surface area contributed by atoms with Gasteiger partial charge in [0.25, 0.3) is 0 Å². The third kappa shape index (κ3) is 2.09. The molecule has 4 rings (SSSR count). The molecule has 2 aromatic carbocycles. The fraction of sp³-hybridized carbons (Fsp3) is 0.150. The van der Waals surface area contributed by atoms with E-state index in [-0.39, 0.29) is 5.63 Å². The molecule has 0 atom stereocenters. The van der Waals surface area contributed by atoms with E-state index >= 15 is 0 Å². The summed E-state index contributed by atoms with van der Waals surface area (Å²) in [6, 6.07) is 9.69. The van der Waals surface area contributed by atoms with Gasteiger partial charge in [0.05, 0.1) is 6.26 Å². The SMILES string of the molecule is Cc1c(C)c2cc3c(-c4ccc(Cl)cc4)coc3c(C)c2oc1=O. The van der Waals surface area contributed by atoms with Gasteiger partial charge in [-0.1, -0.05) is 23.7 Å². The number of fused-ring (bicyclic) bond motifs is 2. The normalized spacial score (nSPS) is 11.5. The number of hydrogen-bond acceptors (Lipinski definition) is 3. The van der Waals surface area contributed by atoms with Crippen molar-refractivity contribution in [2.75, 3.05) is 0 Å². The summed E-state index contributed by atoms with van der Waals surface area (Å²) in [5.74, 6) is 0. The lowest BCUT2D eigenvalue weighted by Crippen LogP contribution is -2.06. The average molecular weight is 339 g/mol. The second-order valence-corrected chi connectivity index (χ2v) is 6.49. The molecule has 2 aromatic heterocycles. The molecule has 4 aromatic rings. The second kappa shape index (κ2) is 5.25. The van der Waals surface area contributed by atoms with Gasteiger partial charge in [-0.3, -0.25) is 0 Å². The summed E-state index contributed by atoms with van der Waals surface area (Å²) in [6.07, 6.45) is 1.74. The molecule has 3 nitrogen and oxygen atoms in total. The molecule has 0 bridgehead atoms. The first-order valence-electron chi connectivity index (χ1n) is 7.68. The monoisotopic (exact) mass is 338 g/mol. The highest BCUT2D eigenvalue weighted by Crippen LogP contribution is 2.37. The summed E-state index contributed by atoms with van der Waals surface area (Å²) in [5, 5.41) is 2.63. The first kappa shape index (κ1) is 15.0. The van der Waals surface area contributed by atoms with E-state index in [1.165, 1.54) is 0 Å². The van der Waals surface area contributed by atoms with Crippen LogP contribution in [0.15, 0.2) is 50.2 Å². The summed E-state index contributed by atoms with van der Waals surface area (Å²) < 4.78 is 11.3. The lowest BCUT2D eigenvalue weighted by atomic mass is 9.98. The lowest BCUT2D eigenvalue weighted by molar-refractivity contribution is 0.549.